The zero-order valence-electron chi connectivity index (χ0n) is 11.6. The Morgan fingerprint density at radius 3 is 2.76 bits per heavy atom. The Bertz CT molecular complexity index is 349. The van der Waals surface area contributed by atoms with Crippen LogP contribution >= 0.6 is 0 Å². The standard InChI is InChI=1S/C12H24N4O/c1-6-17-8-7-15(4)12-11(9-13-3)10(2)14-16(12)5/h13H,6-9H2,1-5H3. The molecule has 0 saturated carbocycles. The van der Waals surface area contributed by atoms with Crippen LogP contribution in [0.25, 0.3) is 0 Å². The first-order valence-electron chi connectivity index (χ1n) is 6.07. The van der Waals surface area contributed by atoms with Crippen molar-refractivity contribution < 1.29 is 4.74 Å². The summed E-state index contributed by atoms with van der Waals surface area (Å²) in [7, 11) is 6.02. The first-order valence-corrected chi connectivity index (χ1v) is 6.07. The van der Waals surface area contributed by atoms with E-state index in [0.717, 1.165) is 37.8 Å². The molecule has 1 aromatic heterocycles. The molecule has 0 aromatic carbocycles. The van der Waals surface area contributed by atoms with E-state index in [1.807, 2.05) is 32.6 Å². The zero-order valence-corrected chi connectivity index (χ0v) is 11.6. The molecule has 1 rings (SSSR count). The first kappa shape index (κ1) is 14.0. The molecule has 1 heterocycles. The van der Waals surface area contributed by atoms with Gasteiger partial charge in [0.1, 0.15) is 5.82 Å². The van der Waals surface area contributed by atoms with Crippen molar-refractivity contribution in [1.82, 2.24) is 15.1 Å². The highest BCUT2D eigenvalue weighted by Crippen LogP contribution is 2.21. The number of nitrogens with zero attached hydrogens (tertiary/aromatic N) is 3. The van der Waals surface area contributed by atoms with Crippen molar-refractivity contribution in [3.05, 3.63) is 11.3 Å². The number of hydrogen-bond acceptors (Lipinski definition) is 4. The Kier molecular flexibility index (Phi) is 5.44. The van der Waals surface area contributed by atoms with Gasteiger partial charge in [-0.25, -0.2) is 0 Å². The number of aromatic nitrogens is 2. The van der Waals surface area contributed by atoms with Gasteiger partial charge in [-0.3, -0.25) is 4.68 Å². The molecule has 1 N–H and O–H groups in total. The molecule has 0 amide bonds. The van der Waals surface area contributed by atoms with Crippen LogP contribution in [0.2, 0.25) is 0 Å². The largest absolute Gasteiger partial charge is 0.380 e. The van der Waals surface area contributed by atoms with Gasteiger partial charge in [-0.2, -0.15) is 5.10 Å². The van der Waals surface area contributed by atoms with Gasteiger partial charge in [-0.1, -0.05) is 0 Å². The third-order valence-corrected chi connectivity index (χ3v) is 2.80. The summed E-state index contributed by atoms with van der Waals surface area (Å²) in [5.41, 5.74) is 2.34. The lowest BCUT2D eigenvalue weighted by molar-refractivity contribution is 0.154. The van der Waals surface area contributed by atoms with E-state index in [1.165, 1.54) is 5.56 Å². The molecule has 0 bridgehead atoms. The van der Waals surface area contributed by atoms with Crippen LogP contribution in [0.4, 0.5) is 5.82 Å². The minimum absolute atomic E-state index is 0.746. The maximum absolute atomic E-state index is 5.39. The first-order chi connectivity index (χ1) is 8.11. The summed E-state index contributed by atoms with van der Waals surface area (Å²) in [5.74, 6) is 1.16. The lowest BCUT2D eigenvalue weighted by Crippen LogP contribution is -2.26. The summed E-state index contributed by atoms with van der Waals surface area (Å²) < 4.78 is 7.32. The number of likely N-dealkylation sites (N-methyl/N-ethyl adjacent to an activating group) is 1. The Labute approximate surface area is 104 Å². The normalized spacial score (nSPS) is 10.9. The van der Waals surface area contributed by atoms with E-state index in [4.69, 9.17) is 4.74 Å². The summed E-state index contributed by atoms with van der Waals surface area (Å²) in [4.78, 5) is 2.20. The molecular formula is C12H24N4O. The summed E-state index contributed by atoms with van der Waals surface area (Å²) in [5, 5.41) is 7.66. The molecule has 0 fully saturated rings. The second kappa shape index (κ2) is 6.61. The lowest BCUT2D eigenvalue weighted by atomic mass is 10.2. The number of rotatable bonds is 7. The molecule has 0 atom stereocenters. The van der Waals surface area contributed by atoms with Gasteiger partial charge in [0.2, 0.25) is 0 Å². The molecule has 0 spiro atoms. The predicted octanol–water partition coefficient (Wildman–Crippen LogP) is 0.921. The molecule has 0 unspecified atom stereocenters. The quantitative estimate of drug-likeness (QED) is 0.720. The van der Waals surface area contributed by atoms with Crippen LogP contribution in [0.1, 0.15) is 18.2 Å². The highest BCUT2D eigenvalue weighted by Gasteiger charge is 2.15. The highest BCUT2D eigenvalue weighted by atomic mass is 16.5. The van der Waals surface area contributed by atoms with E-state index in [1.54, 1.807) is 0 Å². The molecule has 5 nitrogen and oxygen atoms in total. The second-order valence-corrected chi connectivity index (χ2v) is 4.16. The van der Waals surface area contributed by atoms with Crippen LogP contribution in [0.5, 0.6) is 0 Å². The van der Waals surface area contributed by atoms with Crippen molar-refractivity contribution in [2.45, 2.75) is 20.4 Å². The average Bonchev–Trinajstić information content (AvgIpc) is 2.55. The van der Waals surface area contributed by atoms with E-state index < -0.39 is 0 Å². The van der Waals surface area contributed by atoms with Gasteiger partial charge in [0.15, 0.2) is 0 Å². The van der Waals surface area contributed by atoms with Gasteiger partial charge in [-0.05, 0) is 20.9 Å². The minimum atomic E-state index is 0.746. The van der Waals surface area contributed by atoms with Gasteiger partial charge in [0.05, 0.1) is 12.3 Å². The fourth-order valence-corrected chi connectivity index (χ4v) is 2.00. The molecule has 0 aliphatic rings. The van der Waals surface area contributed by atoms with Gasteiger partial charge < -0.3 is 15.0 Å². The van der Waals surface area contributed by atoms with Crippen molar-refractivity contribution in [2.75, 3.05) is 38.8 Å². The number of aryl methyl sites for hydroxylation is 2. The van der Waals surface area contributed by atoms with E-state index in [-0.39, 0.29) is 0 Å². The maximum atomic E-state index is 5.39. The summed E-state index contributed by atoms with van der Waals surface area (Å²) >= 11 is 0. The van der Waals surface area contributed by atoms with Crippen molar-refractivity contribution in [3.8, 4) is 0 Å². The van der Waals surface area contributed by atoms with Crippen molar-refractivity contribution in [3.63, 3.8) is 0 Å². The molecule has 0 aliphatic heterocycles. The smallest absolute Gasteiger partial charge is 0.131 e. The number of ether oxygens (including phenoxy) is 1. The lowest BCUT2D eigenvalue weighted by Gasteiger charge is -2.21. The third kappa shape index (κ3) is 3.44. The molecule has 0 saturated heterocycles. The molecule has 0 aliphatic carbocycles. The fraction of sp³-hybridized carbons (Fsp3) is 0.750. The van der Waals surface area contributed by atoms with Crippen LogP contribution < -0.4 is 10.2 Å². The van der Waals surface area contributed by atoms with E-state index in [2.05, 4.69) is 22.4 Å². The molecule has 0 radical (unpaired) electrons. The fourth-order valence-electron chi connectivity index (χ4n) is 2.00. The third-order valence-electron chi connectivity index (χ3n) is 2.80. The predicted molar refractivity (Wildman–Crippen MR) is 70.5 cm³/mol. The van der Waals surface area contributed by atoms with Gasteiger partial charge >= 0.3 is 0 Å². The highest BCUT2D eigenvalue weighted by molar-refractivity contribution is 5.49. The number of anilines is 1. The summed E-state index contributed by atoms with van der Waals surface area (Å²) in [6.45, 7) is 7.29. The van der Waals surface area contributed by atoms with Crippen LogP contribution in [0.15, 0.2) is 0 Å². The molecule has 17 heavy (non-hydrogen) atoms. The van der Waals surface area contributed by atoms with Crippen molar-refractivity contribution in [2.24, 2.45) is 7.05 Å². The van der Waals surface area contributed by atoms with Crippen LogP contribution in [-0.2, 0) is 18.3 Å². The average molecular weight is 240 g/mol. The number of nitrogens with one attached hydrogen (secondary N) is 1. The van der Waals surface area contributed by atoms with Crippen LogP contribution in [0.3, 0.4) is 0 Å². The summed E-state index contributed by atoms with van der Waals surface area (Å²) in [6.07, 6.45) is 0. The Morgan fingerprint density at radius 2 is 2.18 bits per heavy atom. The topological polar surface area (TPSA) is 42.3 Å². The van der Waals surface area contributed by atoms with Gasteiger partial charge in [0, 0.05) is 39.4 Å². The van der Waals surface area contributed by atoms with E-state index in [0.29, 0.717) is 0 Å². The van der Waals surface area contributed by atoms with E-state index in [9.17, 15) is 0 Å². The SMILES string of the molecule is CCOCCN(C)c1c(CNC)c(C)nn1C. The molecule has 98 valence electrons. The molecule has 5 heteroatoms. The monoisotopic (exact) mass is 240 g/mol. The van der Waals surface area contributed by atoms with Gasteiger partial charge in [0.25, 0.3) is 0 Å². The van der Waals surface area contributed by atoms with Crippen LogP contribution in [0, 0.1) is 6.92 Å². The van der Waals surface area contributed by atoms with Crippen molar-refractivity contribution >= 4 is 5.82 Å². The zero-order chi connectivity index (χ0) is 12.8. The molecular weight excluding hydrogens is 216 g/mol. The van der Waals surface area contributed by atoms with Crippen molar-refractivity contribution in [1.29, 1.82) is 0 Å². The van der Waals surface area contributed by atoms with Gasteiger partial charge in [-0.15, -0.1) is 0 Å². The number of hydrogen-bond donors (Lipinski definition) is 1. The van der Waals surface area contributed by atoms with Crippen LogP contribution in [-0.4, -0.2) is 43.6 Å². The minimum Gasteiger partial charge on any atom is -0.380 e. The Morgan fingerprint density at radius 1 is 1.47 bits per heavy atom. The molecule has 1 aromatic rings. The Hall–Kier alpha value is -1.07. The summed E-state index contributed by atoms with van der Waals surface area (Å²) in [6, 6.07) is 0. The van der Waals surface area contributed by atoms with E-state index >= 15 is 0 Å². The second-order valence-electron chi connectivity index (χ2n) is 4.16. The maximum Gasteiger partial charge on any atom is 0.131 e. The Balaban J connectivity index is 2.79.